The number of hydrogen-bond donors (Lipinski definition) is 12. The van der Waals surface area contributed by atoms with E-state index in [1.54, 1.807) is 0 Å². The summed E-state index contributed by atoms with van der Waals surface area (Å²) < 4.78 is 62.7. The summed E-state index contributed by atoms with van der Waals surface area (Å²) in [7, 11) is 22.6. The molecule has 0 aliphatic rings. The highest BCUT2D eigenvalue weighted by Crippen LogP contribution is 2.23. The molecule has 0 heterocycles. The first-order chi connectivity index (χ1) is 63.8. The molecule has 0 spiro atoms. The fourth-order valence-corrected chi connectivity index (χ4v) is 7.86. The Hall–Kier alpha value is -4.88. The van der Waals surface area contributed by atoms with E-state index in [0.29, 0.717) is 84.0 Å². The summed E-state index contributed by atoms with van der Waals surface area (Å²) in [6.07, 6.45) is 19.7. The van der Waals surface area contributed by atoms with E-state index < -0.39 is 0 Å². The van der Waals surface area contributed by atoms with Crippen molar-refractivity contribution >= 4 is 47.8 Å². The van der Waals surface area contributed by atoms with E-state index in [1.807, 2.05) is 223 Å². The van der Waals surface area contributed by atoms with Crippen molar-refractivity contribution in [3.05, 3.63) is 0 Å². The quantitative estimate of drug-likeness (QED) is 0.0153. The van der Waals surface area contributed by atoms with Crippen molar-refractivity contribution in [1.82, 2.24) is 63.8 Å². The van der Waals surface area contributed by atoms with Gasteiger partial charge in [-0.3, -0.25) is 38.4 Å². The second-order valence-corrected chi connectivity index (χ2v) is 36.8. The fourth-order valence-electron chi connectivity index (χ4n) is 7.86. The number of carbonyl (C=O) groups excluding carboxylic acids is 8. The molecule has 0 aromatic rings. The highest BCUT2D eigenvalue weighted by atomic mass is 16.6. The van der Waals surface area contributed by atoms with Gasteiger partial charge >= 0.3 is 47.8 Å². The molecule has 6 unspecified atom stereocenters. The third kappa shape index (κ3) is 131. The molecular weight excluding hydrogens is 1740 g/mol. The van der Waals surface area contributed by atoms with Crippen molar-refractivity contribution in [2.75, 3.05) is 216 Å². The number of hydrogen-bond acceptors (Lipinski definition) is 32. The molecule has 32 nitrogen and oxygen atoms in total. The van der Waals surface area contributed by atoms with Crippen LogP contribution in [0.1, 0.15) is 349 Å². The van der Waals surface area contributed by atoms with Gasteiger partial charge in [0.15, 0.2) is 0 Å². The van der Waals surface area contributed by atoms with Gasteiger partial charge in [0.1, 0.15) is 24.4 Å². The number of carbonyl (C=O) groups is 8. The van der Waals surface area contributed by atoms with Crippen LogP contribution in [-0.4, -0.2) is 311 Å². The predicted molar refractivity (Wildman–Crippen MR) is 569 cm³/mol. The lowest BCUT2D eigenvalue weighted by molar-refractivity contribution is -0.157. The normalized spacial score (nSPS) is 12.2. The number of likely N-dealkylation sites (N-methyl/N-ethyl adjacent to an activating group) is 4. The second-order valence-electron chi connectivity index (χ2n) is 36.8. The third-order valence-corrected chi connectivity index (χ3v) is 21.3. The highest BCUT2D eigenvalue weighted by Gasteiger charge is 2.28. The van der Waals surface area contributed by atoms with Gasteiger partial charge < -0.3 is 121 Å². The van der Waals surface area contributed by atoms with Gasteiger partial charge in [-0.05, 0) is 350 Å². The van der Waals surface area contributed by atoms with Crippen molar-refractivity contribution in [2.45, 2.75) is 396 Å². The summed E-state index contributed by atoms with van der Waals surface area (Å²) in [6, 6.07) is 0. The van der Waals surface area contributed by atoms with Crippen LogP contribution < -0.4 is 63.8 Å². The first-order valence-corrected chi connectivity index (χ1v) is 51.6. The van der Waals surface area contributed by atoms with Crippen molar-refractivity contribution in [3.63, 3.8) is 0 Å². The van der Waals surface area contributed by atoms with Crippen LogP contribution in [0.25, 0.3) is 0 Å². The summed E-state index contributed by atoms with van der Waals surface area (Å²) in [4.78, 5) is 89.1. The molecule has 0 aliphatic heterocycles. The number of esters is 8. The first kappa shape index (κ1) is 156. The number of ether oxygens (including phenoxy) is 12. The molecule has 0 saturated heterocycles. The maximum atomic E-state index is 11.4. The Kier molecular flexibility index (Phi) is 129. The molecule has 0 saturated carbocycles. The molecule has 136 heavy (non-hydrogen) atoms. The van der Waals surface area contributed by atoms with Crippen LogP contribution in [0.3, 0.4) is 0 Å². The van der Waals surface area contributed by atoms with Crippen molar-refractivity contribution < 1.29 is 95.2 Å². The maximum absolute atomic E-state index is 11.4. The van der Waals surface area contributed by atoms with E-state index in [1.165, 1.54) is 0 Å². The molecule has 0 bridgehead atoms. The van der Waals surface area contributed by atoms with Crippen LogP contribution in [0.2, 0.25) is 0 Å². The second kappa shape index (κ2) is 112. The van der Waals surface area contributed by atoms with Gasteiger partial charge in [0, 0.05) is 65.3 Å². The van der Waals surface area contributed by atoms with Gasteiger partial charge in [0.25, 0.3) is 0 Å². The Morgan fingerprint density at radius 2 is 0.485 bits per heavy atom. The zero-order valence-electron chi connectivity index (χ0n) is 96.3. The molecule has 0 rings (SSSR count). The van der Waals surface area contributed by atoms with Gasteiger partial charge in [-0.25, -0.2) is 0 Å². The van der Waals surface area contributed by atoms with Crippen LogP contribution in [0.4, 0.5) is 0 Å². The smallest absolute Gasteiger partial charge is 0.311 e. The Bertz CT molecular complexity index is 2570. The van der Waals surface area contributed by atoms with E-state index in [2.05, 4.69) is 133 Å². The van der Waals surface area contributed by atoms with Gasteiger partial charge in [-0.15, -0.1) is 0 Å². The maximum Gasteiger partial charge on any atom is 0.311 e. The topological polar surface area (TPSA) is 392 Å². The highest BCUT2D eigenvalue weighted by molar-refractivity contribution is 5.76. The van der Waals surface area contributed by atoms with Crippen LogP contribution >= 0.6 is 0 Å². The Labute approximate surface area is 837 Å². The third-order valence-electron chi connectivity index (χ3n) is 21.3. The van der Waals surface area contributed by atoms with E-state index >= 15 is 0 Å². The van der Waals surface area contributed by atoms with Gasteiger partial charge in [-0.2, -0.15) is 0 Å². The zero-order chi connectivity index (χ0) is 108. The number of rotatable bonds is 66. The van der Waals surface area contributed by atoms with Gasteiger partial charge in [0.05, 0.1) is 97.6 Å². The van der Waals surface area contributed by atoms with Crippen LogP contribution in [0.15, 0.2) is 0 Å². The van der Waals surface area contributed by atoms with E-state index in [0.717, 1.165) is 201 Å². The Balaban J connectivity index is -0.000000123. The average molecular weight is 1970 g/mol. The van der Waals surface area contributed by atoms with Gasteiger partial charge in [-0.1, -0.05) is 96.9 Å². The molecule has 0 aromatic carbocycles. The summed E-state index contributed by atoms with van der Waals surface area (Å²) in [5.74, 6) is -0.722. The molecule has 32 heteroatoms. The summed E-state index contributed by atoms with van der Waals surface area (Å²) >= 11 is 0. The predicted octanol–water partition coefficient (Wildman–Crippen LogP) is 15.7. The zero-order valence-corrected chi connectivity index (χ0v) is 96.3. The van der Waals surface area contributed by atoms with E-state index in [9.17, 15) is 38.4 Å². The molecule has 0 fully saturated rings. The first-order valence-electron chi connectivity index (χ1n) is 51.6. The summed E-state index contributed by atoms with van der Waals surface area (Å²) in [5, 5.41) is 35.8. The monoisotopic (exact) mass is 1970 g/mol. The molecule has 6 atom stereocenters. The molecule has 0 amide bonds. The molecule has 0 aliphatic carbocycles. The molecule has 0 radical (unpaired) electrons. The van der Waals surface area contributed by atoms with Crippen molar-refractivity contribution in [2.24, 2.45) is 22.7 Å². The molecule has 12 N–H and O–H groups in total. The standard InChI is InChI=1S/2C10H21NO2.4C9H19NO2.C9H21NO.2C8H17NO2.2C8H19NO.C7H17NO/c1-5-10(2,3)9(12)13-8-6-7-11-4;1-5-10(2,3)13-9(12)7-6-8-11-4;1-5-9(2,3)8(11)12-7-6-10-4;1-5-9(2,3)12-8(11)6-7-10-4;1-4-8(2)9(11)12-7-5-6-10-3;1-4-8(2)12-9(11)6-5-7-10-3;1-5-9(2,3)11-8-6-7-10-4;1-4-7(2)8(10)11-6-5-9-3;1-4-7(2)11-8(10)5-6-9-3;1-5-8(2,3)10-7-6-9-4;1-4-8(2)10-7-5-6-9-3;1-4-7(2)9-6-5-8-3/h2*11H,5-8H2,1-4H3;2*10H,5-7H2,1-4H3;2*8,10H,4-7H2,1-3H3;10H,5-8H2,1-4H3;2*7,9H,4-6H2,1-3H3;9H,5-7H2,1-4H3;8-9H,4-7H2,1-3H3;7-8H,4-6H2,1-3H3. The van der Waals surface area contributed by atoms with Crippen LogP contribution in [0, 0.1) is 22.7 Å². The van der Waals surface area contributed by atoms with Gasteiger partial charge in [0.2, 0.25) is 0 Å². The average Bonchev–Trinajstić information content (AvgIpc) is 0.900. The minimum atomic E-state index is -0.340. The fraction of sp³-hybridized carbons (Fsp3) is 0.923. The summed E-state index contributed by atoms with van der Waals surface area (Å²) in [6.45, 7) is 75.8. The molecule has 824 valence electrons. The largest absolute Gasteiger partial charge is 0.465 e. The number of nitrogens with one attached hydrogen (secondary N) is 12. The molecule has 0 aromatic heterocycles. The van der Waals surface area contributed by atoms with Crippen molar-refractivity contribution in [3.8, 4) is 0 Å². The minimum absolute atomic E-state index is 0.0341. The minimum Gasteiger partial charge on any atom is -0.465 e. The van der Waals surface area contributed by atoms with Crippen molar-refractivity contribution in [1.29, 1.82) is 0 Å². The van der Waals surface area contributed by atoms with E-state index in [-0.39, 0.29) is 105 Å². The van der Waals surface area contributed by atoms with Crippen LogP contribution in [-0.2, 0) is 95.2 Å². The summed E-state index contributed by atoms with van der Waals surface area (Å²) in [5.41, 5.74) is -1.18. The SMILES string of the molecule is CCC(C)(C)C(=O)OCCCNC.CCC(C)(C)C(=O)OCCNC.CCC(C)(C)OC(=O)CCCNC.CCC(C)(C)OC(=O)CCNC.CCC(C)(C)OCCCNC.CCC(C)(C)OCCNC.CCC(C)C(=O)OCCCNC.CCC(C)C(=O)OCCNC.CCC(C)OC(=O)CCCNC.CCC(C)OC(=O)CCNC.CCC(C)OCCCNC.CCC(C)OCCNC. The Morgan fingerprint density at radius 3 is 0.809 bits per heavy atom. The van der Waals surface area contributed by atoms with E-state index in [4.69, 9.17) is 56.8 Å². The lowest BCUT2D eigenvalue weighted by atomic mass is 9.91. The molecular formula is C104H228N12O20. The Morgan fingerprint density at radius 1 is 0.235 bits per heavy atom. The lowest BCUT2D eigenvalue weighted by Gasteiger charge is -2.23. The van der Waals surface area contributed by atoms with Crippen LogP contribution in [0.5, 0.6) is 0 Å². The lowest BCUT2D eigenvalue weighted by Crippen LogP contribution is -2.28.